The van der Waals surface area contributed by atoms with Gasteiger partial charge in [0.05, 0.1) is 11.6 Å². The summed E-state index contributed by atoms with van der Waals surface area (Å²) in [6, 6.07) is 6.51. The number of amides is 1. The molecule has 0 aliphatic rings. The smallest absolute Gasteiger partial charge is 0.359 e. The van der Waals surface area contributed by atoms with Crippen molar-refractivity contribution in [3.8, 4) is 11.3 Å². The van der Waals surface area contributed by atoms with Crippen molar-refractivity contribution in [1.82, 2.24) is 15.5 Å². The lowest BCUT2D eigenvalue weighted by Gasteiger charge is -2.12. The first-order valence-corrected chi connectivity index (χ1v) is 8.43. The quantitative estimate of drug-likeness (QED) is 0.574. The highest BCUT2D eigenvalue weighted by Crippen LogP contribution is 2.31. The number of nitrogens with one attached hydrogen (secondary N) is 1. The number of benzene rings is 1. The fourth-order valence-corrected chi connectivity index (χ4v) is 2.56. The van der Waals surface area contributed by atoms with E-state index < -0.39 is 35.6 Å². The van der Waals surface area contributed by atoms with Gasteiger partial charge >= 0.3 is 12.4 Å². The molecule has 3 rings (SSSR count). The van der Waals surface area contributed by atoms with Crippen LogP contribution in [0.1, 0.15) is 40.3 Å². The lowest BCUT2D eigenvalue weighted by molar-refractivity contribution is -0.141. The van der Waals surface area contributed by atoms with E-state index in [9.17, 15) is 31.1 Å². The molecule has 0 fully saturated rings. The summed E-state index contributed by atoms with van der Waals surface area (Å²) in [6.07, 6.45) is -8.25. The number of pyridine rings is 1. The molecule has 0 spiro atoms. The van der Waals surface area contributed by atoms with Crippen LogP contribution in [-0.4, -0.2) is 16.0 Å². The van der Waals surface area contributed by atoms with Crippen LogP contribution < -0.4 is 5.32 Å². The fourth-order valence-electron chi connectivity index (χ4n) is 2.56. The molecule has 1 atom stereocenters. The SMILES string of the molecule is C[C@@H](NC(=O)c1cccc(C(F)(F)F)c1)c1cc(-c2ccnc(C(F)(F)F)c2)no1. The number of alkyl halides is 6. The average molecular weight is 429 g/mol. The molecule has 11 heteroatoms. The summed E-state index contributed by atoms with van der Waals surface area (Å²) >= 11 is 0. The van der Waals surface area contributed by atoms with Gasteiger partial charge in [-0.25, -0.2) is 0 Å². The number of carbonyl (C=O) groups is 1. The van der Waals surface area contributed by atoms with E-state index in [0.717, 1.165) is 24.4 Å². The molecule has 0 aliphatic carbocycles. The third-order valence-corrected chi connectivity index (χ3v) is 4.10. The fraction of sp³-hybridized carbons (Fsp3) is 0.211. The van der Waals surface area contributed by atoms with Crippen molar-refractivity contribution in [3.63, 3.8) is 0 Å². The van der Waals surface area contributed by atoms with Crippen LogP contribution in [0.25, 0.3) is 11.3 Å². The minimum absolute atomic E-state index is 0.0815. The molecule has 3 aromatic rings. The van der Waals surface area contributed by atoms with E-state index in [4.69, 9.17) is 4.52 Å². The number of rotatable bonds is 4. The van der Waals surface area contributed by atoms with E-state index in [1.807, 2.05) is 0 Å². The molecular weight excluding hydrogens is 416 g/mol. The molecule has 0 aliphatic heterocycles. The highest BCUT2D eigenvalue weighted by atomic mass is 19.4. The molecule has 2 heterocycles. The Hall–Kier alpha value is -3.37. The van der Waals surface area contributed by atoms with E-state index in [1.54, 1.807) is 0 Å². The number of carbonyl (C=O) groups excluding carboxylic acids is 1. The van der Waals surface area contributed by atoms with Gasteiger partial charge in [0.15, 0.2) is 5.76 Å². The number of nitrogens with zero attached hydrogens (tertiary/aromatic N) is 2. The highest BCUT2D eigenvalue weighted by molar-refractivity contribution is 5.94. The monoisotopic (exact) mass is 429 g/mol. The van der Waals surface area contributed by atoms with E-state index in [0.29, 0.717) is 6.07 Å². The maximum Gasteiger partial charge on any atom is 0.433 e. The van der Waals surface area contributed by atoms with Crippen LogP contribution in [0.3, 0.4) is 0 Å². The first-order chi connectivity index (χ1) is 13.9. The molecule has 30 heavy (non-hydrogen) atoms. The maximum absolute atomic E-state index is 12.8. The summed E-state index contributed by atoms with van der Waals surface area (Å²) in [5.74, 6) is -0.675. The molecule has 0 saturated heterocycles. The molecule has 0 bridgehead atoms. The summed E-state index contributed by atoms with van der Waals surface area (Å²) < 4.78 is 81.9. The minimum Gasteiger partial charge on any atom is -0.359 e. The number of halogens is 6. The number of hydrogen-bond acceptors (Lipinski definition) is 4. The standard InChI is InChI=1S/C19H13F6N3O2/c1-10(27-17(29)12-3-2-4-13(7-12)18(20,21)22)15-9-14(28-30-15)11-5-6-26-16(8-11)19(23,24)25/h2-10H,1H3,(H,27,29)/t10-/m1/s1. The van der Waals surface area contributed by atoms with Crippen LogP contribution in [0.15, 0.2) is 53.2 Å². The largest absolute Gasteiger partial charge is 0.433 e. The van der Waals surface area contributed by atoms with Gasteiger partial charge in [-0.2, -0.15) is 26.3 Å². The van der Waals surface area contributed by atoms with Gasteiger partial charge in [0.1, 0.15) is 11.4 Å². The molecule has 0 unspecified atom stereocenters. The second-order valence-corrected chi connectivity index (χ2v) is 6.32. The van der Waals surface area contributed by atoms with Crippen molar-refractivity contribution in [2.24, 2.45) is 0 Å². The van der Waals surface area contributed by atoms with Crippen molar-refractivity contribution in [2.45, 2.75) is 25.3 Å². The van der Waals surface area contributed by atoms with Gasteiger partial charge in [-0.1, -0.05) is 11.2 Å². The first kappa shape index (κ1) is 21.3. The summed E-state index contributed by atoms with van der Waals surface area (Å²) in [4.78, 5) is 15.5. The zero-order valence-electron chi connectivity index (χ0n) is 15.2. The second-order valence-electron chi connectivity index (χ2n) is 6.32. The maximum atomic E-state index is 12.8. The summed E-state index contributed by atoms with van der Waals surface area (Å²) in [6.45, 7) is 1.49. The van der Waals surface area contributed by atoms with E-state index >= 15 is 0 Å². The Morgan fingerprint density at radius 3 is 2.43 bits per heavy atom. The van der Waals surface area contributed by atoms with Gasteiger partial charge in [0.25, 0.3) is 5.91 Å². The zero-order valence-corrected chi connectivity index (χ0v) is 15.2. The Kier molecular flexibility index (Phi) is 5.55. The van der Waals surface area contributed by atoms with Crippen molar-refractivity contribution < 1.29 is 35.7 Å². The van der Waals surface area contributed by atoms with Gasteiger partial charge < -0.3 is 9.84 Å². The molecule has 0 saturated carbocycles. The third-order valence-electron chi connectivity index (χ3n) is 4.10. The van der Waals surface area contributed by atoms with Crippen LogP contribution in [0.5, 0.6) is 0 Å². The Bertz CT molecular complexity index is 1060. The van der Waals surface area contributed by atoms with Crippen LogP contribution in [0.2, 0.25) is 0 Å². The summed E-state index contributed by atoms with van der Waals surface area (Å²) in [5.41, 5.74) is -2.10. The summed E-state index contributed by atoms with van der Waals surface area (Å²) in [7, 11) is 0. The molecule has 1 N–H and O–H groups in total. The van der Waals surface area contributed by atoms with Gasteiger partial charge in [0, 0.05) is 23.4 Å². The normalized spacial score (nSPS) is 13.2. The Morgan fingerprint density at radius 2 is 1.77 bits per heavy atom. The van der Waals surface area contributed by atoms with Crippen LogP contribution in [0, 0.1) is 0 Å². The molecule has 158 valence electrons. The lowest BCUT2D eigenvalue weighted by atomic mass is 10.1. The highest BCUT2D eigenvalue weighted by Gasteiger charge is 2.33. The zero-order chi connectivity index (χ0) is 22.1. The van der Waals surface area contributed by atoms with Crippen LogP contribution >= 0.6 is 0 Å². The third kappa shape index (κ3) is 4.78. The molecule has 1 amide bonds. The Balaban J connectivity index is 1.76. The minimum atomic E-state index is -4.63. The van der Waals surface area contributed by atoms with Gasteiger partial charge in [-0.05, 0) is 37.3 Å². The van der Waals surface area contributed by atoms with Crippen molar-refractivity contribution in [3.05, 3.63) is 71.2 Å². The van der Waals surface area contributed by atoms with Gasteiger partial charge in [-0.15, -0.1) is 0 Å². The Morgan fingerprint density at radius 1 is 1.03 bits per heavy atom. The summed E-state index contributed by atoms with van der Waals surface area (Å²) in [5, 5.41) is 6.15. The molecule has 1 aromatic carbocycles. The predicted molar refractivity (Wildman–Crippen MR) is 92.1 cm³/mol. The molecular formula is C19H13F6N3O2. The van der Waals surface area contributed by atoms with E-state index in [1.165, 1.54) is 25.1 Å². The van der Waals surface area contributed by atoms with E-state index in [2.05, 4.69) is 15.5 Å². The van der Waals surface area contributed by atoms with E-state index in [-0.39, 0.29) is 22.6 Å². The molecule has 2 aromatic heterocycles. The average Bonchev–Trinajstić information content (AvgIpc) is 3.17. The predicted octanol–water partition coefficient (Wildman–Crippen LogP) is 5.27. The van der Waals surface area contributed by atoms with Gasteiger partial charge in [0.2, 0.25) is 0 Å². The van der Waals surface area contributed by atoms with Crippen LogP contribution in [-0.2, 0) is 12.4 Å². The number of aromatic nitrogens is 2. The number of hydrogen-bond donors (Lipinski definition) is 1. The van der Waals surface area contributed by atoms with Crippen LogP contribution in [0.4, 0.5) is 26.3 Å². The van der Waals surface area contributed by atoms with Gasteiger partial charge in [-0.3, -0.25) is 9.78 Å². The second kappa shape index (κ2) is 7.81. The first-order valence-electron chi connectivity index (χ1n) is 8.43. The molecule has 5 nitrogen and oxygen atoms in total. The Labute approximate surface area is 165 Å². The molecule has 0 radical (unpaired) electrons. The van der Waals surface area contributed by atoms with Crippen molar-refractivity contribution >= 4 is 5.91 Å². The van der Waals surface area contributed by atoms with Crippen molar-refractivity contribution in [2.75, 3.05) is 0 Å². The lowest BCUT2D eigenvalue weighted by Crippen LogP contribution is -2.26. The van der Waals surface area contributed by atoms with Crippen molar-refractivity contribution in [1.29, 1.82) is 0 Å². The topological polar surface area (TPSA) is 68.0 Å².